The normalized spacial score (nSPS) is 12.9. The van der Waals surface area contributed by atoms with E-state index < -0.39 is 11.6 Å². The summed E-state index contributed by atoms with van der Waals surface area (Å²) in [6.45, 7) is 7.06. The topological polar surface area (TPSA) is 52.3 Å². The second-order valence-corrected chi connectivity index (χ2v) is 5.32. The molecule has 0 aliphatic rings. The number of hydrogen-bond acceptors (Lipinski definition) is 4. The summed E-state index contributed by atoms with van der Waals surface area (Å²) >= 11 is 0. The molecule has 0 bridgehead atoms. The Labute approximate surface area is 136 Å². The van der Waals surface area contributed by atoms with Gasteiger partial charge in [-0.05, 0) is 19.9 Å². The highest BCUT2D eigenvalue weighted by atomic mass is 16.6. The first-order valence-corrected chi connectivity index (χ1v) is 7.32. The standard InChI is InChI=1S/C19H19NO3/c1-5-19(4,6-2)23-17(21)13-12-16-20-14(3)18(22-16)15-10-8-7-9-11-15/h1,6-11H,2,12-13H2,3-4H3/t19-/m1/s1. The molecule has 0 saturated carbocycles. The molecule has 0 amide bonds. The predicted molar refractivity (Wildman–Crippen MR) is 88.5 cm³/mol. The molecule has 1 aromatic heterocycles. The van der Waals surface area contributed by atoms with Gasteiger partial charge in [-0.2, -0.15) is 0 Å². The van der Waals surface area contributed by atoms with Crippen LogP contribution in [0.3, 0.4) is 0 Å². The lowest BCUT2D eigenvalue weighted by Gasteiger charge is -2.19. The first-order chi connectivity index (χ1) is 11.0. The van der Waals surface area contributed by atoms with Gasteiger partial charge >= 0.3 is 5.97 Å². The van der Waals surface area contributed by atoms with Crippen molar-refractivity contribution >= 4 is 5.97 Å². The number of esters is 1. The van der Waals surface area contributed by atoms with E-state index in [1.807, 2.05) is 37.3 Å². The maximum atomic E-state index is 11.9. The van der Waals surface area contributed by atoms with E-state index in [2.05, 4.69) is 17.5 Å². The summed E-state index contributed by atoms with van der Waals surface area (Å²) in [7, 11) is 0. The predicted octanol–water partition coefficient (Wildman–Crippen LogP) is 3.70. The molecule has 2 aromatic rings. The van der Waals surface area contributed by atoms with E-state index in [0.29, 0.717) is 18.1 Å². The number of terminal acetylenes is 1. The molecule has 1 heterocycles. The van der Waals surface area contributed by atoms with Gasteiger partial charge in [-0.15, -0.1) is 6.42 Å². The number of carbonyl (C=O) groups excluding carboxylic acids is 1. The van der Waals surface area contributed by atoms with E-state index in [0.717, 1.165) is 11.3 Å². The van der Waals surface area contributed by atoms with Crippen LogP contribution in [0.2, 0.25) is 0 Å². The molecular weight excluding hydrogens is 290 g/mol. The molecule has 4 heteroatoms. The Balaban J connectivity index is 2.01. The molecule has 118 valence electrons. The molecule has 0 fully saturated rings. The Morgan fingerprint density at radius 2 is 2.17 bits per heavy atom. The fourth-order valence-electron chi connectivity index (χ4n) is 2.04. The number of aryl methyl sites for hydroxylation is 2. The lowest BCUT2D eigenvalue weighted by molar-refractivity contribution is -0.149. The minimum atomic E-state index is -1.08. The van der Waals surface area contributed by atoms with E-state index in [4.69, 9.17) is 15.6 Å². The van der Waals surface area contributed by atoms with Gasteiger partial charge in [-0.25, -0.2) is 4.98 Å². The van der Waals surface area contributed by atoms with Gasteiger partial charge in [0.15, 0.2) is 17.3 Å². The van der Waals surface area contributed by atoms with Crippen LogP contribution in [0.4, 0.5) is 0 Å². The van der Waals surface area contributed by atoms with Crippen molar-refractivity contribution in [3.8, 4) is 23.7 Å². The minimum absolute atomic E-state index is 0.138. The molecule has 0 saturated heterocycles. The number of carbonyl (C=O) groups is 1. The average Bonchev–Trinajstić information content (AvgIpc) is 2.94. The summed E-state index contributed by atoms with van der Waals surface area (Å²) < 4.78 is 11.0. The smallest absolute Gasteiger partial charge is 0.308 e. The van der Waals surface area contributed by atoms with Crippen LogP contribution in [-0.2, 0) is 16.0 Å². The van der Waals surface area contributed by atoms with Crippen LogP contribution < -0.4 is 0 Å². The molecule has 0 spiro atoms. The van der Waals surface area contributed by atoms with Crippen molar-refractivity contribution < 1.29 is 13.9 Å². The van der Waals surface area contributed by atoms with Crippen molar-refractivity contribution in [2.45, 2.75) is 32.3 Å². The van der Waals surface area contributed by atoms with Crippen molar-refractivity contribution in [1.82, 2.24) is 4.98 Å². The molecule has 0 unspecified atom stereocenters. The highest BCUT2D eigenvalue weighted by molar-refractivity contribution is 5.71. The highest BCUT2D eigenvalue weighted by Gasteiger charge is 2.22. The Hall–Kier alpha value is -2.80. The van der Waals surface area contributed by atoms with Crippen LogP contribution in [0.25, 0.3) is 11.3 Å². The van der Waals surface area contributed by atoms with Crippen molar-refractivity contribution in [1.29, 1.82) is 0 Å². The second kappa shape index (κ2) is 6.97. The number of hydrogen-bond donors (Lipinski definition) is 0. The van der Waals surface area contributed by atoms with E-state index in [9.17, 15) is 4.79 Å². The quantitative estimate of drug-likeness (QED) is 0.464. The largest absolute Gasteiger partial charge is 0.442 e. The lowest BCUT2D eigenvalue weighted by Crippen LogP contribution is -2.27. The molecule has 4 nitrogen and oxygen atoms in total. The van der Waals surface area contributed by atoms with Gasteiger partial charge in [0.2, 0.25) is 0 Å². The van der Waals surface area contributed by atoms with Crippen LogP contribution in [-0.4, -0.2) is 16.6 Å². The molecule has 0 aliphatic heterocycles. The molecule has 23 heavy (non-hydrogen) atoms. The molecule has 2 rings (SSSR count). The number of nitrogens with zero attached hydrogens (tertiary/aromatic N) is 1. The average molecular weight is 309 g/mol. The third-order valence-corrected chi connectivity index (χ3v) is 3.42. The van der Waals surface area contributed by atoms with E-state index in [1.54, 1.807) is 6.92 Å². The summed E-state index contributed by atoms with van der Waals surface area (Å²) in [4.78, 5) is 16.2. The van der Waals surface area contributed by atoms with Crippen LogP contribution in [0.5, 0.6) is 0 Å². The van der Waals surface area contributed by atoms with Crippen molar-refractivity contribution in [3.63, 3.8) is 0 Å². The highest BCUT2D eigenvalue weighted by Crippen LogP contribution is 2.24. The summed E-state index contributed by atoms with van der Waals surface area (Å²) in [5.41, 5.74) is 0.663. The van der Waals surface area contributed by atoms with E-state index >= 15 is 0 Å². The van der Waals surface area contributed by atoms with Gasteiger partial charge in [-0.3, -0.25) is 4.79 Å². The molecule has 1 atom stereocenters. The minimum Gasteiger partial charge on any atom is -0.442 e. The summed E-state index contributed by atoms with van der Waals surface area (Å²) in [6, 6.07) is 9.71. The van der Waals surface area contributed by atoms with Crippen LogP contribution >= 0.6 is 0 Å². The number of benzene rings is 1. The summed E-state index contributed by atoms with van der Waals surface area (Å²) in [5.74, 6) is 3.19. The monoisotopic (exact) mass is 309 g/mol. The van der Waals surface area contributed by atoms with Gasteiger partial charge in [-0.1, -0.05) is 42.8 Å². The second-order valence-electron chi connectivity index (χ2n) is 5.32. The molecule has 0 N–H and O–H groups in total. The van der Waals surface area contributed by atoms with E-state index in [1.165, 1.54) is 6.08 Å². The zero-order valence-corrected chi connectivity index (χ0v) is 13.3. The van der Waals surface area contributed by atoms with Gasteiger partial charge in [0.25, 0.3) is 0 Å². The van der Waals surface area contributed by atoms with E-state index in [-0.39, 0.29) is 6.42 Å². The molecular formula is C19H19NO3. The summed E-state index contributed by atoms with van der Waals surface area (Å²) in [6.07, 6.45) is 7.25. The number of oxazole rings is 1. The Bertz CT molecular complexity index is 740. The Morgan fingerprint density at radius 1 is 1.48 bits per heavy atom. The van der Waals surface area contributed by atoms with Gasteiger partial charge in [0, 0.05) is 12.0 Å². The van der Waals surface area contributed by atoms with Crippen LogP contribution in [0, 0.1) is 19.3 Å². The maximum Gasteiger partial charge on any atom is 0.308 e. The third kappa shape index (κ3) is 4.10. The fourth-order valence-corrected chi connectivity index (χ4v) is 2.04. The van der Waals surface area contributed by atoms with Crippen LogP contribution in [0.1, 0.15) is 24.9 Å². The van der Waals surface area contributed by atoms with Crippen molar-refractivity contribution in [2.24, 2.45) is 0 Å². The van der Waals surface area contributed by atoms with Crippen LogP contribution in [0.15, 0.2) is 47.4 Å². The fraction of sp³-hybridized carbons (Fsp3) is 0.263. The third-order valence-electron chi connectivity index (χ3n) is 3.42. The van der Waals surface area contributed by atoms with Crippen molar-refractivity contribution in [3.05, 3.63) is 54.6 Å². The number of ether oxygens (including phenoxy) is 1. The number of aromatic nitrogens is 1. The van der Waals surface area contributed by atoms with Gasteiger partial charge in [0.1, 0.15) is 0 Å². The lowest BCUT2D eigenvalue weighted by atomic mass is 10.1. The van der Waals surface area contributed by atoms with Crippen molar-refractivity contribution in [2.75, 3.05) is 0 Å². The molecule has 1 aromatic carbocycles. The van der Waals surface area contributed by atoms with Gasteiger partial charge in [0.05, 0.1) is 12.1 Å². The Morgan fingerprint density at radius 3 is 2.78 bits per heavy atom. The zero-order chi connectivity index (χ0) is 16.9. The molecule has 0 radical (unpaired) electrons. The maximum absolute atomic E-state index is 11.9. The first-order valence-electron chi connectivity index (χ1n) is 7.32. The first kappa shape index (κ1) is 16.6. The SMILES string of the molecule is C#C[C@](C)(C=C)OC(=O)CCc1nc(C)c(-c2ccccc2)o1. The zero-order valence-electron chi connectivity index (χ0n) is 13.3. The molecule has 0 aliphatic carbocycles. The van der Waals surface area contributed by atoms with Gasteiger partial charge < -0.3 is 9.15 Å². The summed E-state index contributed by atoms with van der Waals surface area (Å²) in [5, 5.41) is 0. The Kier molecular flexibility index (Phi) is 5.02. The number of rotatable bonds is 6.